The van der Waals surface area contributed by atoms with E-state index in [0.29, 0.717) is 22.4 Å². The van der Waals surface area contributed by atoms with Crippen LogP contribution in [0, 0.1) is 0 Å². The third-order valence-electron chi connectivity index (χ3n) is 4.53. The lowest BCUT2D eigenvalue weighted by atomic mass is 10.1. The molecule has 0 radical (unpaired) electrons. The lowest BCUT2D eigenvalue weighted by Crippen LogP contribution is -2.11. The van der Waals surface area contributed by atoms with Crippen molar-refractivity contribution in [2.45, 2.75) is 12.7 Å². The summed E-state index contributed by atoms with van der Waals surface area (Å²) in [6, 6.07) is 13.8. The molecule has 154 valence electrons. The summed E-state index contributed by atoms with van der Waals surface area (Å²) in [5.74, 6) is -0.267. The zero-order valence-corrected chi connectivity index (χ0v) is 16.6. The molecule has 0 spiro atoms. The van der Waals surface area contributed by atoms with Gasteiger partial charge in [0.2, 0.25) is 0 Å². The molecular weight excluding hydrogens is 440 g/mol. The quantitative estimate of drug-likeness (QED) is 0.394. The van der Waals surface area contributed by atoms with Gasteiger partial charge in [0.05, 0.1) is 21.8 Å². The number of nitrogens with zero attached hydrogens (tertiary/aromatic N) is 3. The highest BCUT2D eigenvalue weighted by molar-refractivity contribution is 6.40. The summed E-state index contributed by atoms with van der Waals surface area (Å²) in [5.41, 5.74) is 1.55. The number of nitrogens with one attached hydrogen (secondary N) is 1. The van der Waals surface area contributed by atoms with Gasteiger partial charge >= 0.3 is 6.18 Å². The molecule has 0 amide bonds. The highest BCUT2D eigenvalue weighted by Gasteiger charge is 2.32. The van der Waals surface area contributed by atoms with Crippen molar-refractivity contribution < 1.29 is 18.3 Å². The predicted molar refractivity (Wildman–Crippen MR) is 109 cm³/mol. The number of phenolic OH excluding ortho intramolecular Hbond substituents is 1. The molecule has 10 heteroatoms. The van der Waals surface area contributed by atoms with Crippen LogP contribution in [0.15, 0.2) is 54.6 Å². The Hall–Kier alpha value is -2.97. The molecule has 3 aromatic carbocycles. The van der Waals surface area contributed by atoms with Crippen molar-refractivity contribution in [2.75, 3.05) is 5.32 Å². The van der Waals surface area contributed by atoms with Crippen LogP contribution in [0.4, 0.5) is 18.9 Å². The van der Waals surface area contributed by atoms with Crippen molar-refractivity contribution in [3.63, 3.8) is 0 Å². The lowest BCUT2D eigenvalue weighted by Gasteiger charge is -2.14. The molecule has 0 aliphatic carbocycles. The Balaban J connectivity index is 1.57. The molecule has 0 fully saturated rings. The average molecular weight is 453 g/mol. The number of benzene rings is 3. The van der Waals surface area contributed by atoms with Gasteiger partial charge in [-0.05, 0) is 42.0 Å². The number of aromatic hydroxyl groups is 1. The molecule has 0 unspecified atom stereocenters. The van der Waals surface area contributed by atoms with E-state index < -0.39 is 11.7 Å². The van der Waals surface area contributed by atoms with Gasteiger partial charge in [-0.2, -0.15) is 13.2 Å². The molecule has 4 aromatic rings. The van der Waals surface area contributed by atoms with Gasteiger partial charge in [-0.15, -0.1) is 5.10 Å². The summed E-state index contributed by atoms with van der Waals surface area (Å²) in [4.78, 5) is 0. The molecule has 0 aliphatic heterocycles. The number of aromatic nitrogens is 3. The van der Waals surface area contributed by atoms with Gasteiger partial charge < -0.3 is 10.4 Å². The molecule has 4 rings (SSSR count). The number of halogens is 5. The minimum atomic E-state index is -4.41. The number of anilines is 1. The molecule has 2 N–H and O–H groups in total. The van der Waals surface area contributed by atoms with Gasteiger partial charge in [-0.1, -0.05) is 46.6 Å². The third-order valence-corrected chi connectivity index (χ3v) is 5.17. The Labute approximate surface area is 178 Å². The van der Waals surface area contributed by atoms with Crippen LogP contribution in [-0.4, -0.2) is 20.1 Å². The van der Waals surface area contributed by atoms with Crippen LogP contribution in [0.2, 0.25) is 10.0 Å². The van der Waals surface area contributed by atoms with Gasteiger partial charge in [0.25, 0.3) is 0 Å². The fraction of sp³-hybridized carbons (Fsp3) is 0.100. The van der Waals surface area contributed by atoms with Crippen molar-refractivity contribution in [2.24, 2.45) is 0 Å². The summed E-state index contributed by atoms with van der Waals surface area (Å²) in [6.07, 6.45) is -4.41. The lowest BCUT2D eigenvalue weighted by molar-refractivity contribution is -0.138. The third kappa shape index (κ3) is 3.76. The second kappa shape index (κ2) is 7.70. The van der Waals surface area contributed by atoms with Crippen molar-refractivity contribution >= 4 is 39.9 Å². The molecule has 0 saturated heterocycles. The number of alkyl halides is 3. The van der Waals surface area contributed by atoms with Gasteiger partial charge in [-0.25, -0.2) is 4.68 Å². The maximum absolute atomic E-state index is 13.1. The van der Waals surface area contributed by atoms with Crippen LogP contribution >= 0.6 is 23.2 Å². The SMILES string of the molecule is Oc1c(Cl)cc2c(nnn2-c2ccc(NCc3ccccc3C(F)(F)F)cc2)c1Cl. The first-order valence-electron chi connectivity index (χ1n) is 8.67. The first-order valence-corrected chi connectivity index (χ1v) is 9.43. The largest absolute Gasteiger partial charge is 0.505 e. The van der Waals surface area contributed by atoms with Crippen LogP contribution in [-0.2, 0) is 12.7 Å². The van der Waals surface area contributed by atoms with Crippen molar-refractivity contribution in [3.8, 4) is 11.4 Å². The van der Waals surface area contributed by atoms with E-state index in [-0.39, 0.29) is 27.9 Å². The van der Waals surface area contributed by atoms with E-state index in [1.807, 2.05) is 0 Å². The first-order chi connectivity index (χ1) is 14.3. The molecule has 0 atom stereocenters. The summed E-state index contributed by atoms with van der Waals surface area (Å²) in [6.45, 7) is 0.0196. The van der Waals surface area contributed by atoms with Crippen LogP contribution in [0.25, 0.3) is 16.7 Å². The summed E-state index contributed by atoms with van der Waals surface area (Å²) >= 11 is 12.0. The maximum atomic E-state index is 13.1. The van der Waals surface area contributed by atoms with Gasteiger partial charge in [0.15, 0.2) is 5.75 Å². The molecule has 1 aromatic heterocycles. The molecule has 30 heavy (non-hydrogen) atoms. The average Bonchev–Trinajstić information content (AvgIpc) is 3.14. The Bertz CT molecular complexity index is 1220. The number of fused-ring (bicyclic) bond motifs is 1. The number of hydrogen-bond acceptors (Lipinski definition) is 4. The van der Waals surface area contributed by atoms with Crippen LogP contribution in [0.3, 0.4) is 0 Å². The van der Waals surface area contributed by atoms with E-state index in [0.717, 1.165) is 6.07 Å². The van der Waals surface area contributed by atoms with Crippen molar-refractivity contribution in [1.29, 1.82) is 0 Å². The first kappa shape index (κ1) is 20.3. The van der Waals surface area contributed by atoms with E-state index in [1.54, 1.807) is 30.3 Å². The molecule has 0 bridgehead atoms. The minimum Gasteiger partial charge on any atom is -0.505 e. The summed E-state index contributed by atoms with van der Waals surface area (Å²) < 4.78 is 40.8. The number of hydrogen-bond donors (Lipinski definition) is 2. The molecule has 0 saturated carbocycles. The van der Waals surface area contributed by atoms with E-state index >= 15 is 0 Å². The molecule has 0 aliphatic rings. The standard InChI is InChI=1S/C20H13Cl2F3N4O/c21-15-9-16-18(17(22)19(15)30)27-28-29(16)13-7-5-12(6-8-13)26-10-11-3-1-2-4-14(11)20(23,24)25/h1-9,26,30H,10H2. The fourth-order valence-electron chi connectivity index (χ4n) is 3.04. The van der Waals surface area contributed by atoms with Crippen molar-refractivity contribution in [1.82, 2.24) is 15.0 Å². The second-order valence-corrected chi connectivity index (χ2v) is 7.23. The Morgan fingerprint density at radius 1 is 1.03 bits per heavy atom. The smallest absolute Gasteiger partial charge is 0.416 e. The van der Waals surface area contributed by atoms with Gasteiger partial charge in [-0.3, -0.25) is 0 Å². The van der Waals surface area contributed by atoms with E-state index in [2.05, 4.69) is 15.6 Å². The van der Waals surface area contributed by atoms with Crippen LogP contribution in [0.1, 0.15) is 11.1 Å². The monoisotopic (exact) mass is 452 g/mol. The predicted octanol–water partition coefficient (Wildman–Crippen LogP) is 6.06. The zero-order valence-electron chi connectivity index (χ0n) is 15.1. The Morgan fingerprint density at radius 3 is 2.43 bits per heavy atom. The van der Waals surface area contributed by atoms with Gasteiger partial charge in [0, 0.05) is 12.2 Å². The summed E-state index contributed by atoms with van der Waals surface area (Å²) in [7, 11) is 0. The van der Waals surface area contributed by atoms with E-state index in [9.17, 15) is 18.3 Å². The number of rotatable bonds is 4. The Morgan fingerprint density at radius 2 is 1.73 bits per heavy atom. The second-order valence-electron chi connectivity index (χ2n) is 6.45. The van der Waals surface area contributed by atoms with Crippen LogP contribution < -0.4 is 5.32 Å². The number of phenols is 1. The van der Waals surface area contributed by atoms with Gasteiger partial charge in [0.1, 0.15) is 10.5 Å². The molecule has 5 nitrogen and oxygen atoms in total. The maximum Gasteiger partial charge on any atom is 0.416 e. The molecular formula is C20H13Cl2F3N4O. The molecule has 1 heterocycles. The normalized spacial score (nSPS) is 11.8. The van der Waals surface area contributed by atoms with Crippen molar-refractivity contribution in [3.05, 3.63) is 75.8 Å². The summed E-state index contributed by atoms with van der Waals surface area (Å²) in [5, 5.41) is 20.9. The highest BCUT2D eigenvalue weighted by Crippen LogP contribution is 2.38. The highest BCUT2D eigenvalue weighted by atomic mass is 35.5. The minimum absolute atomic E-state index is 0.00497. The fourth-order valence-corrected chi connectivity index (χ4v) is 3.52. The van der Waals surface area contributed by atoms with E-state index in [4.69, 9.17) is 23.2 Å². The topological polar surface area (TPSA) is 63.0 Å². The van der Waals surface area contributed by atoms with Crippen LogP contribution in [0.5, 0.6) is 5.75 Å². The van der Waals surface area contributed by atoms with E-state index in [1.165, 1.54) is 22.9 Å². The zero-order chi connectivity index (χ0) is 21.5. The Kier molecular flexibility index (Phi) is 5.21.